The molecule has 0 aliphatic rings. The minimum Gasteiger partial charge on any atom is -0.466 e. The Morgan fingerprint density at radius 2 is 2.31 bits per heavy atom. The van der Waals surface area contributed by atoms with Crippen molar-refractivity contribution in [3.8, 4) is 0 Å². The first-order chi connectivity index (χ1) is 7.63. The Morgan fingerprint density at radius 3 is 3.00 bits per heavy atom. The number of carbonyl (C=O) groups is 1. The first-order valence-corrected chi connectivity index (χ1v) is 5.46. The Balaban J connectivity index is 2.42. The summed E-state index contributed by atoms with van der Waals surface area (Å²) >= 11 is 11.4. The van der Waals surface area contributed by atoms with Crippen molar-refractivity contribution in [3.63, 3.8) is 0 Å². The van der Waals surface area contributed by atoms with E-state index in [0.29, 0.717) is 24.0 Å². The van der Waals surface area contributed by atoms with Gasteiger partial charge < -0.3 is 10.1 Å². The fourth-order valence-electron chi connectivity index (χ4n) is 0.986. The van der Waals surface area contributed by atoms with Crippen molar-refractivity contribution in [1.29, 1.82) is 0 Å². The van der Waals surface area contributed by atoms with Gasteiger partial charge in [-0.25, -0.2) is 4.98 Å². The molecule has 1 aromatic rings. The molecule has 0 aliphatic carbocycles. The van der Waals surface area contributed by atoms with Crippen LogP contribution >= 0.6 is 23.2 Å². The largest absolute Gasteiger partial charge is 0.466 e. The molecule has 0 saturated heterocycles. The van der Waals surface area contributed by atoms with E-state index in [1.54, 1.807) is 6.92 Å². The first kappa shape index (κ1) is 13.0. The second-order valence-electron chi connectivity index (χ2n) is 2.82. The standard InChI is InChI=1S/C9H11Cl2N3O2/c1-2-16-7(15)3-4-12-8-6(10)5-13-9(11)14-8/h5H,2-4H2,1H3,(H,12,13,14). The molecule has 0 saturated carbocycles. The Labute approximate surface area is 103 Å². The lowest BCUT2D eigenvalue weighted by Gasteiger charge is -2.06. The van der Waals surface area contributed by atoms with Gasteiger partial charge in [0.05, 0.1) is 19.2 Å². The molecule has 7 heteroatoms. The second-order valence-corrected chi connectivity index (χ2v) is 3.56. The first-order valence-electron chi connectivity index (χ1n) is 4.71. The number of carbonyl (C=O) groups excluding carboxylic acids is 1. The van der Waals surface area contributed by atoms with Gasteiger partial charge in [0, 0.05) is 6.54 Å². The number of anilines is 1. The lowest BCUT2D eigenvalue weighted by atomic mass is 10.4. The Hall–Kier alpha value is -1.07. The van der Waals surface area contributed by atoms with Gasteiger partial charge in [0.1, 0.15) is 10.8 Å². The zero-order valence-corrected chi connectivity index (χ0v) is 10.2. The van der Waals surface area contributed by atoms with Crippen LogP contribution in [0.2, 0.25) is 10.3 Å². The fourth-order valence-corrected chi connectivity index (χ4v) is 1.28. The molecule has 5 nitrogen and oxygen atoms in total. The SMILES string of the molecule is CCOC(=O)CCNc1nc(Cl)ncc1Cl. The predicted molar refractivity (Wildman–Crippen MR) is 61.8 cm³/mol. The Kier molecular flexibility index (Phi) is 5.28. The third-order valence-electron chi connectivity index (χ3n) is 1.64. The van der Waals surface area contributed by atoms with Crippen LogP contribution in [0, 0.1) is 0 Å². The van der Waals surface area contributed by atoms with E-state index >= 15 is 0 Å². The van der Waals surface area contributed by atoms with Crippen molar-refractivity contribution in [2.45, 2.75) is 13.3 Å². The van der Waals surface area contributed by atoms with Crippen molar-refractivity contribution in [3.05, 3.63) is 16.5 Å². The van der Waals surface area contributed by atoms with Crippen LogP contribution < -0.4 is 5.32 Å². The molecule has 0 aromatic carbocycles. The molecule has 0 spiro atoms. The zero-order valence-electron chi connectivity index (χ0n) is 8.67. The number of rotatable bonds is 5. The summed E-state index contributed by atoms with van der Waals surface area (Å²) in [6.45, 7) is 2.51. The lowest BCUT2D eigenvalue weighted by Crippen LogP contribution is -2.12. The van der Waals surface area contributed by atoms with Crippen LogP contribution in [0.3, 0.4) is 0 Å². The Bertz CT molecular complexity index is 374. The molecule has 0 aliphatic heterocycles. The van der Waals surface area contributed by atoms with Gasteiger partial charge in [-0.05, 0) is 18.5 Å². The summed E-state index contributed by atoms with van der Waals surface area (Å²) in [6, 6.07) is 0. The molecule has 0 unspecified atom stereocenters. The van der Waals surface area contributed by atoms with Gasteiger partial charge in [-0.3, -0.25) is 4.79 Å². The van der Waals surface area contributed by atoms with Crippen LogP contribution in [0.5, 0.6) is 0 Å². The van der Waals surface area contributed by atoms with Crippen LogP contribution in [-0.4, -0.2) is 29.1 Å². The molecule has 0 bridgehead atoms. The number of esters is 1. The molecule has 0 amide bonds. The van der Waals surface area contributed by atoms with Crippen molar-refractivity contribution in [1.82, 2.24) is 9.97 Å². The summed E-state index contributed by atoms with van der Waals surface area (Å²) in [5.41, 5.74) is 0. The predicted octanol–water partition coefficient (Wildman–Crippen LogP) is 2.15. The number of halogens is 2. The second kappa shape index (κ2) is 6.50. The molecular formula is C9H11Cl2N3O2. The van der Waals surface area contributed by atoms with Crippen LogP contribution in [0.1, 0.15) is 13.3 Å². The summed E-state index contributed by atoms with van der Waals surface area (Å²) in [6.07, 6.45) is 1.63. The van der Waals surface area contributed by atoms with Gasteiger partial charge >= 0.3 is 5.97 Å². The fraction of sp³-hybridized carbons (Fsp3) is 0.444. The van der Waals surface area contributed by atoms with Crippen molar-refractivity contribution in [2.24, 2.45) is 0 Å². The number of nitrogens with one attached hydrogen (secondary N) is 1. The highest BCUT2D eigenvalue weighted by atomic mass is 35.5. The Morgan fingerprint density at radius 1 is 1.56 bits per heavy atom. The molecule has 0 fully saturated rings. The highest BCUT2D eigenvalue weighted by molar-refractivity contribution is 6.33. The average molecular weight is 264 g/mol. The molecule has 88 valence electrons. The van der Waals surface area contributed by atoms with Gasteiger partial charge in [-0.2, -0.15) is 4.98 Å². The minimum atomic E-state index is -0.272. The number of ether oxygens (including phenoxy) is 1. The van der Waals surface area contributed by atoms with E-state index in [4.69, 9.17) is 27.9 Å². The summed E-state index contributed by atoms with van der Waals surface area (Å²) < 4.78 is 4.76. The van der Waals surface area contributed by atoms with Gasteiger partial charge in [0.2, 0.25) is 5.28 Å². The van der Waals surface area contributed by atoms with Crippen LogP contribution in [0.4, 0.5) is 5.82 Å². The third-order valence-corrected chi connectivity index (χ3v) is 2.10. The minimum absolute atomic E-state index is 0.100. The molecule has 0 atom stereocenters. The highest BCUT2D eigenvalue weighted by Crippen LogP contribution is 2.18. The molecule has 1 aromatic heterocycles. The molecule has 16 heavy (non-hydrogen) atoms. The summed E-state index contributed by atoms with van der Waals surface area (Å²) in [5.74, 6) is 0.136. The van der Waals surface area contributed by atoms with E-state index in [0.717, 1.165) is 0 Å². The molecule has 0 radical (unpaired) electrons. The quantitative estimate of drug-likeness (QED) is 0.652. The smallest absolute Gasteiger partial charge is 0.307 e. The van der Waals surface area contributed by atoms with E-state index in [1.807, 2.05) is 0 Å². The molecular weight excluding hydrogens is 253 g/mol. The number of nitrogens with zero attached hydrogens (tertiary/aromatic N) is 2. The maximum Gasteiger partial charge on any atom is 0.307 e. The third kappa shape index (κ3) is 4.20. The topological polar surface area (TPSA) is 64.1 Å². The van der Waals surface area contributed by atoms with Crippen molar-refractivity contribution < 1.29 is 9.53 Å². The average Bonchev–Trinajstić information content (AvgIpc) is 2.23. The van der Waals surface area contributed by atoms with Crippen molar-refractivity contribution in [2.75, 3.05) is 18.5 Å². The molecule has 1 heterocycles. The number of aromatic nitrogens is 2. The summed E-state index contributed by atoms with van der Waals surface area (Å²) in [4.78, 5) is 18.6. The van der Waals surface area contributed by atoms with Gasteiger partial charge in [-0.15, -0.1) is 0 Å². The maximum atomic E-state index is 11.0. The van der Waals surface area contributed by atoms with Gasteiger partial charge in [0.25, 0.3) is 0 Å². The number of hydrogen-bond acceptors (Lipinski definition) is 5. The van der Waals surface area contributed by atoms with E-state index in [1.165, 1.54) is 6.20 Å². The van der Waals surface area contributed by atoms with Gasteiger partial charge in [-0.1, -0.05) is 11.6 Å². The highest BCUT2D eigenvalue weighted by Gasteiger charge is 2.05. The van der Waals surface area contributed by atoms with Crippen molar-refractivity contribution >= 4 is 35.0 Å². The zero-order chi connectivity index (χ0) is 12.0. The van der Waals surface area contributed by atoms with E-state index in [-0.39, 0.29) is 17.7 Å². The monoisotopic (exact) mass is 263 g/mol. The van der Waals surface area contributed by atoms with Crippen LogP contribution in [0.25, 0.3) is 0 Å². The lowest BCUT2D eigenvalue weighted by molar-refractivity contribution is -0.142. The maximum absolute atomic E-state index is 11.0. The van der Waals surface area contributed by atoms with E-state index in [2.05, 4.69) is 15.3 Å². The normalized spacial score (nSPS) is 9.94. The van der Waals surface area contributed by atoms with Crippen LogP contribution in [-0.2, 0) is 9.53 Å². The number of hydrogen-bond donors (Lipinski definition) is 1. The van der Waals surface area contributed by atoms with Gasteiger partial charge in [0.15, 0.2) is 0 Å². The summed E-state index contributed by atoms with van der Waals surface area (Å²) in [5, 5.41) is 3.33. The molecule has 1 rings (SSSR count). The van der Waals surface area contributed by atoms with E-state index < -0.39 is 0 Å². The van der Waals surface area contributed by atoms with Crippen LogP contribution in [0.15, 0.2) is 6.20 Å². The van der Waals surface area contributed by atoms with E-state index in [9.17, 15) is 4.79 Å². The summed E-state index contributed by atoms with van der Waals surface area (Å²) in [7, 11) is 0. The molecule has 1 N–H and O–H groups in total.